The molecule has 1 heterocycles. The van der Waals surface area contributed by atoms with Crippen LogP contribution in [0, 0.1) is 0 Å². The van der Waals surface area contributed by atoms with Gasteiger partial charge in [0, 0.05) is 25.2 Å². The van der Waals surface area contributed by atoms with Gasteiger partial charge in [0.25, 0.3) is 0 Å². The van der Waals surface area contributed by atoms with Crippen LogP contribution in [0.15, 0.2) is 6.20 Å². The van der Waals surface area contributed by atoms with E-state index < -0.39 is 5.97 Å². The minimum atomic E-state index is -0.774. The maximum Gasteiger partial charge on any atom is 0.303 e. The normalized spacial score (nSPS) is 14.1. The molecule has 0 radical (unpaired) electrons. The first-order chi connectivity index (χ1) is 10.1. The highest BCUT2D eigenvalue weighted by Crippen LogP contribution is 2.26. The van der Waals surface area contributed by atoms with Crippen LogP contribution in [-0.4, -0.2) is 49.5 Å². The molecule has 1 amide bonds. The van der Waals surface area contributed by atoms with Crippen molar-refractivity contribution in [3.63, 3.8) is 0 Å². The average molecular weight is 294 g/mol. The van der Waals surface area contributed by atoms with Crippen molar-refractivity contribution >= 4 is 11.9 Å². The molecule has 1 aromatic heterocycles. The Morgan fingerprint density at radius 3 is 2.81 bits per heavy atom. The number of likely N-dealkylation sites (N-methyl/N-ethyl adjacent to an activating group) is 1. The second kappa shape index (κ2) is 7.19. The number of rotatable bonds is 9. The highest BCUT2D eigenvalue weighted by Gasteiger charge is 2.31. The molecule has 1 aliphatic rings. The van der Waals surface area contributed by atoms with Crippen molar-refractivity contribution in [1.82, 2.24) is 19.9 Å². The van der Waals surface area contributed by atoms with Crippen LogP contribution in [0.3, 0.4) is 0 Å². The quantitative estimate of drug-likeness (QED) is 0.689. The van der Waals surface area contributed by atoms with Crippen molar-refractivity contribution in [2.75, 3.05) is 6.54 Å². The summed E-state index contributed by atoms with van der Waals surface area (Å²) in [6.45, 7) is 2.96. The molecule has 2 rings (SSSR count). The van der Waals surface area contributed by atoms with Crippen LogP contribution < -0.4 is 0 Å². The van der Waals surface area contributed by atoms with Crippen molar-refractivity contribution in [2.45, 2.75) is 58.0 Å². The third-order valence-corrected chi connectivity index (χ3v) is 3.61. The van der Waals surface area contributed by atoms with Gasteiger partial charge in [-0.25, -0.2) is 4.68 Å². The van der Waals surface area contributed by atoms with Gasteiger partial charge >= 0.3 is 5.97 Å². The zero-order chi connectivity index (χ0) is 15.2. The summed E-state index contributed by atoms with van der Waals surface area (Å²) in [5.41, 5.74) is 0.808. The zero-order valence-corrected chi connectivity index (χ0v) is 12.4. The lowest BCUT2D eigenvalue weighted by Crippen LogP contribution is -2.35. The van der Waals surface area contributed by atoms with Crippen molar-refractivity contribution in [3.8, 4) is 0 Å². The molecule has 7 nitrogen and oxygen atoms in total. The van der Waals surface area contributed by atoms with E-state index in [1.165, 1.54) is 0 Å². The monoisotopic (exact) mass is 294 g/mol. The van der Waals surface area contributed by atoms with Gasteiger partial charge in [0.15, 0.2) is 0 Å². The van der Waals surface area contributed by atoms with Crippen LogP contribution in [0.25, 0.3) is 0 Å². The van der Waals surface area contributed by atoms with Crippen molar-refractivity contribution in [1.29, 1.82) is 0 Å². The predicted molar refractivity (Wildman–Crippen MR) is 75.6 cm³/mol. The lowest BCUT2D eigenvalue weighted by molar-refractivity contribution is -0.137. The second-order valence-corrected chi connectivity index (χ2v) is 5.42. The van der Waals surface area contributed by atoms with E-state index >= 15 is 0 Å². The zero-order valence-electron chi connectivity index (χ0n) is 12.4. The Morgan fingerprint density at radius 1 is 1.43 bits per heavy atom. The highest BCUT2D eigenvalue weighted by molar-refractivity contribution is 5.76. The third kappa shape index (κ3) is 4.84. The average Bonchev–Trinajstić information content (AvgIpc) is 3.16. The molecule has 0 unspecified atom stereocenters. The van der Waals surface area contributed by atoms with Gasteiger partial charge in [-0.05, 0) is 39.0 Å². The number of carboxylic acids is 1. The molecular weight excluding hydrogens is 272 g/mol. The molecule has 0 aliphatic heterocycles. The summed E-state index contributed by atoms with van der Waals surface area (Å²) in [5, 5.41) is 16.6. The molecule has 1 fully saturated rings. The Labute approximate surface area is 123 Å². The molecule has 0 aromatic carbocycles. The molecule has 0 saturated heterocycles. The van der Waals surface area contributed by atoms with Gasteiger partial charge in [0.1, 0.15) is 6.54 Å². The fraction of sp³-hybridized carbons (Fsp3) is 0.714. The first kappa shape index (κ1) is 15.5. The van der Waals surface area contributed by atoms with Crippen LogP contribution in [0.2, 0.25) is 0 Å². The number of hydrogen-bond acceptors (Lipinski definition) is 4. The maximum atomic E-state index is 12.1. The fourth-order valence-electron chi connectivity index (χ4n) is 2.37. The van der Waals surface area contributed by atoms with Crippen LogP contribution >= 0.6 is 0 Å². The van der Waals surface area contributed by atoms with Gasteiger partial charge in [-0.2, -0.15) is 0 Å². The number of carbonyl (C=O) groups excluding carboxylic acids is 1. The number of carboxylic acid groups (broad SMARTS) is 1. The van der Waals surface area contributed by atoms with E-state index in [0.29, 0.717) is 18.9 Å². The number of aromatic nitrogens is 3. The largest absolute Gasteiger partial charge is 0.481 e. The third-order valence-electron chi connectivity index (χ3n) is 3.61. The molecule has 1 N–H and O–H groups in total. The first-order valence-corrected chi connectivity index (χ1v) is 7.50. The van der Waals surface area contributed by atoms with Gasteiger partial charge in [-0.3, -0.25) is 9.59 Å². The Hall–Kier alpha value is -1.92. The van der Waals surface area contributed by atoms with Crippen LogP contribution in [0.4, 0.5) is 0 Å². The Bertz CT molecular complexity index is 496. The van der Waals surface area contributed by atoms with E-state index in [1.807, 2.05) is 11.8 Å². The molecule has 0 bridgehead atoms. The van der Waals surface area contributed by atoms with Gasteiger partial charge in [-0.15, -0.1) is 5.10 Å². The smallest absolute Gasteiger partial charge is 0.303 e. The highest BCUT2D eigenvalue weighted by atomic mass is 16.4. The second-order valence-electron chi connectivity index (χ2n) is 5.42. The molecule has 1 aliphatic carbocycles. The number of unbranched alkanes of at least 4 members (excludes halogenated alkanes) is 1. The van der Waals surface area contributed by atoms with E-state index in [2.05, 4.69) is 10.3 Å². The Morgan fingerprint density at radius 2 is 2.19 bits per heavy atom. The summed E-state index contributed by atoms with van der Waals surface area (Å²) in [4.78, 5) is 24.5. The number of aliphatic carboxylic acids is 1. The molecule has 1 saturated carbocycles. The number of carbonyl (C=O) groups is 2. The van der Waals surface area contributed by atoms with E-state index in [1.54, 1.807) is 10.9 Å². The van der Waals surface area contributed by atoms with Gasteiger partial charge in [0.2, 0.25) is 5.91 Å². The molecule has 1 aromatic rings. The first-order valence-electron chi connectivity index (χ1n) is 7.50. The van der Waals surface area contributed by atoms with Crippen LogP contribution in [0.1, 0.15) is 44.7 Å². The van der Waals surface area contributed by atoms with Crippen molar-refractivity contribution in [3.05, 3.63) is 11.9 Å². The topological polar surface area (TPSA) is 88.3 Å². The standard InChI is InChI=1S/C14H22N4O3/c1-2-18(12-7-8-12)13(19)10-17-9-11(15-16-17)5-3-4-6-14(20)21/h9,12H,2-8,10H2,1H3,(H,20,21). The van der Waals surface area contributed by atoms with Crippen LogP contribution in [0.5, 0.6) is 0 Å². The van der Waals surface area contributed by atoms with E-state index in [0.717, 1.165) is 31.5 Å². The molecule has 0 spiro atoms. The van der Waals surface area contributed by atoms with Gasteiger partial charge in [0.05, 0.1) is 5.69 Å². The molecule has 21 heavy (non-hydrogen) atoms. The molecule has 0 atom stereocenters. The van der Waals surface area contributed by atoms with Gasteiger partial charge in [-0.1, -0.05) is 5.21 Å². The Kier molecular flexibility index (Phi) is 5.30. The van der Waals surface area contributed by atoms with E-state index in [4.69, 9.17) is 5.11 Å². The number of amides is 1. The lowest BCUT2D eigenvalue weighted by Gasteiger charge is -2.19. The van der Waals surface area contributed by atoms with E-state index in [9.17, 15) is 9.59 Å². The minimum absolute atomic E-state index is 0.0855. The summed E-state index contributed by atoms with van der Waals surface area (Å²) in [6, 6.07) is 0.418. The lowest BCUT2D eigenvalue weighted by atomic mass is 10.1. The fourth-order valence-corrected chi connectivity index (χ4v) is 2.37. The molecule has 116 valence electrons. The predicted octanol–water partition coefficient (Wildman–Crippen LogP) is 1.09. The summed E-state index contributed by atoms with van der Waals surface area (Å²) in [5.74, 6) is -0.689. The number of nitrogens with zero attached hydrogens (tertiary/aromatic N) is 4. The molecule has 7 heteroatoms. The van der Waals surface area contributed by atoms with Crippen molar-refractivity contribution < 1.29 is 14.7 Å². The maximum absolute atomic E-state index is 12.1. The Balaban J connectivity index is 1.76. The SMILES string of the molecule is CCN(C(=O)Cn1cc(CCCCC(=O)O)nn1)C1CC1. The van der Waals surface area contributed by atoms with E-state index in [-0.39, 0.29) is 18.9 Å². The molecular formula is C14H22N4O3. The van der Waals surface area contributed by atoms with Gasteiger partial charge < -0.3 is 10.0 Å². The number of aryl methyl sites for hydroxylation is 1. The summed E-state index contributed by atoms with van der Waals surface area (Å²) >= 11 is 0. The minimum Gasteiger partial charge on any atom is -0.481 e. The summed E-state index contributed by atoms with van der Waals surface area (Å²) < 4.78 is 1.57. The van der Waals surface area contributed by atoms with Crippen molar-refractivity contribution in [2.24, 2.45) is 0 Å². The summed E-state index contributed by atoms with van der Waals surface area (Å²) in [7, 11) is 0. The number of hydrogen-bond donors (Lipinski definition) is 1. The summed E-state index contributed by atoms with van der Waals surface area (Å²) in [6.07, 6.45) is 6.26. The van der Waals surface area contributed by atoms with Crippen LogP contribution in [-0.2, 0) is 22.6 Å².